The van der Waals surface area contributed by atoms with Crippen molar-refractivity contribution >= 4 is 0 Å². The summed E-state index contributed by atoms with van der Waals surface area (Å²) in [6.07, 6.45) is 2.38. The van der Waals surface area contributed by atoms with Gasteiger partial charge < -0.3 is 9.47 Å². The summed E-state index contributed by atoms with van der Waals surface area (Å²) in [5.41, 5.74) is 0.474. The molecule has 0 aromatic rings. The monoisotopic (exact) mass is 230 g/mol. The summed E-state index contributed by atoms with van der Waals surface area (Å²) in [4.78, 5) is 0. The molecule has 0 unspecified atom stereocenters. The van der Waals surface area contributed by atoms with Gasteiger partial charge in [0, 0.05) is 19.6 Å². The highest BCUT2D eigenvalue weighted by Crippen LogP contribution is 2.38. The lowest BCUT2D eigenvalue weighted by molar-refractivity contribution is -0.00915. The van der Waals surface area contributed by atoms with E-state index in [4.69, 9.17) is 9.47 Å². The number of methoxy groups -OCH3 is 2. The zero-order chi connectivity index (χ0) is 12.8. The first-order valence-corrected chi connectivity index (χ1v) is 6.22. The lowest BCUT2D eigenvalue weighted by Gasteiger charge is -2.37. The summed E-state index contributed by atoms with van der Waals surface area (Å²) >= 11 is 0. The SMILES string of the molecule is COCC(C)(COC)CC(C)(C)CC(C)C. The molecule has 0 aromatic heterocycles. The van der Waals surface area contributed by atoms with E-state index < -0.39 is 0 Å². The van der Waals surface area contributed by atoms with Gasteiger partial charge in [0.1, 0.15) is 0 Å². The average molecular weight is 230 g/mol. The molecule has 0 aromatic carbocycles. The van der Waals surface area contributed by atoms with Crippen LogP contribution in [0.25, 0.3) is 0 Å². The van der Waals surface area contributed by atoms with E-state index in [1.807, 2.05) is 0 Å². The molecule has 0 saturated carbocycles. The van der Waals surface area contributed by atoms with Crippen molar-refractivity contribution in [1.82, 2.24) is 0 Å². The van der Waals surface area contributed by atoms with Gasteiger partial charge in [-0.05, 0) is 24.2 Å². The fourth-order valence-corrected chi connectivity index (χ4v) is 3.17. The zero-order valence-electron chi connectivity index (χ0n) is 12.2. The van der Waals surface area contributed by atoms with Gasteiger partial charge in [-0.3, -0.25) is 0 Å². The molecule has 0 aliphatic carbocycles. The third-order valence-corrected chi connectivity index (χ3v) is 2.85. The maximum Gasteiger partial charge on any atom is 0.0538 e. The van der Waals surface area contributed by atoms with Crippen molar-refractivity contribution in [1.29, 1.82) is 0 Å². The average Bonchev–Trinajstić information content (AvgIpc) is 1.99. The zero-order valence-corrected chi connectivity index (χ0v) is 12.2. The summed E-state index contributed by atoms with van der Waals surface area (Å²) < 4.78 is 10.7. The molecule has 2 heteroatoms. The molecule has 0 aliphatic rings. The second-order valence-corrected chi connectivity index (χ2v) is 6.62. The Labute approximate surface area is 102 Å². The van der Waals surface area contributed by atoms with E-state index in [2.05, 4.69) is 34.6 Å². The van der Waals surface area contributed by atoms with Crippen LogP contribution < -0.4 is 0 Å². The standard InChI is InChI=1S/C14H30O2/c1-12(2)8-13(3,4)9-14(5,10-15-6)11-16-7/h12H,8-11H2,1-7H3. The Bertz CT molecular complexity index is 179. The maximum absolute atomic E-state index is 5.33. The van der Waals surface area contributed by atoms with Crippen LogP contribution in [0.2, 0.25) is 0 Å². The first kappa shape index (κ1) is 15.9. The van der Waals surface area contributed by atoms with Crippen LogP contribution in [0, 0.1) is 16.7 Å². The summed E-state index contributed by atoms with van der Waals surface area (Å²) in [7, 11) is 3.53. The molecular weight excluding hydrogens is 200 g/mol. The van der Waals surface area contributed by atoms with E-state index in [1.165, 1.54) is 6.42 Å². The minimum absolute atomic E-state index is 0.127. The first-order chi connectivity index (χ1) is 7.24. The van der Waals surface area contributed by atoms with Crippen LogP contribution in [0.5, 0.6) is 0 Å². The summed E-state index contributed by atoms with van der Waals surface area (Å²) in [6.45, 7) is 13.0. The molecular formula is C14H30O2. The Morgan fingerprint density at radius 2 is 1.38 bits per heavy atom. The highest BCUT2D eigenvalue weighted by molar-refractivity contribution is 4.83. The minimum atomic E-state index is 0.127. The molecule has 16 heavy (non-hydrogen) atoms. The molecule has 0 radical (unpaired) electrons. The molecule has 0 rings (SSSR count). The quantitative estimate of drug-likeness (QED) is 0.632. The Morgan fingerprint density at radius 3 is 1.69 bits per heavy atom. The largest absolute Gasteiger partial charge is 0.384 e. The van der Waals surface area contributed by atoms with Gasteiger partial charge in [-0.2, -0.15) is 0 Å². The Morgan fingerprint density at radius 1 is 0.938 bits per heavy atom. The maximum atomic E-state index is 5.33. The van der Waals surface area contributed by atoms with E-state index in [0.717, 1.165) is 25.6 Å². The molecule has 0 spiro atoms. The van der Waals surface area contributed by atoms with Crippen molar-refractivity contribution in [2.75, 3.05) is 27.4 Å². The van der Waals surface area contributed by atoms with Crippen molar-refractivity contribution in [3.05, 3.63) is 0 Å². The molecule has 0 saturated heterocycles. The number of hydrogen-bond donors (Lipinski definition) is 0. The van der Waals surface area contributed by atoms with E-state index in [-0.39, 0.29) is 5.41 Å². The molecule has 2 nitrogen and oxygen atoms in total. The van der Waals surface area contributed by atoms with Crippen LogP contribution in [0.3, 0.4) is 0 Å². The van der Waals surface area contributed by atoms with Gasteiger partial charge in [-0.25, -0.2) is 0 Å². The lowest BCUT2D eigenvalue weighted by atomic mass is 9.71. The normalized spacial score (nSPS) is 13.5. The number of hydrogen-bond acceptors (Lipinski definition) is 2. The van der Waals surface area contributed by atoms with Gasteiger partial charge in [0.2, 0.25) is 0 Å². The van der Waals surface area contributed by atoms with Gasteiger partial charge in [0.25, 0.3) is 0 Å². The van der Waals surface area contributed by atoms with Crippen molar-refractivity contribution in [3.8, 4) is 0 Å². The van der Waals surface area contributed by atoms with Crippen LogP contribution in [0.1, 0.15) is 47.5 Å². The van der Waals surface area contributed by atoms with Gasteiger partial charge in [0.15, 0.2) is 0 Å². The van der Waals surface area contributed by atoms with E-state index in [9.17, 15) is 0 Å². The van der Waals surface area contributed by atoms with Crippen LogP contribution >= 0.6 is 0 Å². The lowest BCUT2D eigenvalue weighted by Crippen LogP contribution is -2.34. The number of rotatable bonds is 8. The smallest absolute Gasteiger partial charge is 0.0538 e. The predicted molar refractivity (Wildman–Crippen MR) is 69.7 cm³/mol. The Kier molecular flexibility index (Phi) is 6.57. The van der Waals surface area contributed by atoms with Gasteiger partial charge in [-0.1, -0.05) is 34.6 Å². The van der Waals surface area contributed by atoms with Crippen LogP contribution in [-0.4, -0.2) is 27.4 Å². The molecule has 0 N–H and O–H groups in total. The summed E-state index contributed by atoms with van der Waals surface area (Å²) in [5, 5.41) is 0. The Hall–Kier alpha value is -0.0800. The first-order valence-electron chi connectivity index (χ1n) is 6.22. The van der Waals surface area contributed by atoms with E-state index >= 15 is 0 Å². The molecule has 0 fully saturated rings. The molecule has 0 atom stereocenters. The molecule has 0 bridgehead atoms. The van der Waals surface area contributed by atoms with Crippen LogP contribution in [0.4, 0.5) is 0 Å². The van der Waals surface area contributed by atoms with Crippen molar-refractivity contribution in [3.63, 3.8) is 0 Å². The molecule has 0 heterocycles. The van der Waals surface area contributed by atoms with E-state index in [0.29, 0.717) is 5.41 Å². The Balaban J connectivity index is 4.47. The highest BCUT2D eigenvalue weighted by Gasteiger charge is 2.33. The van der Waals surface area contributed by atoms with Gasteiger partial charge in [-0.15, -0.1) is 0 Å². The second-order valence-electron chi connectivity index (χ2n) is 6.62. The number of ether oxygens (including phenoxy) is 2. The van der Waals surface area contributed by atoms with Gasteiger partial charge >= 0.3 is 0 Å². The topological polar surface area (TPSA) is 18.5 Å². The van der Waals surface area contributed by atoms with Crippen LogP contribution in [-0.2, 0) is 9.47 Å². The molecule has 0 aliphatic heterocycles. The third-order valence-electron chi connectivity index (χ3n) is 2.85. The minimum Gasteiger partial charge on any atom is -0.384 e. The molecule has 0 amide bonds. The highest BCUT2D eigenvalue weighted by atomic mass is 16.5. The third kappa shape index (κ3) is 6.49. The van der Waals surface area contributed by atoms with Crippen LogP contribution in [0.15, 0.2) is 0 Å². The second kappa shape index (κ2) is 6.61. The fraction of sp³-hybridized carbons (Fsp3) is 1.00. The van der Waals surface area contributed by atoms with Gasteiger partial charge in [0.05, 0.1) is 13.2 Å². The summed E-state index contributed by atoms with van der Waals surface area (Å²) in [6, 6.07) is 0. The van der Waals surface area contributed by atoms with Crippen molar-refractivity contribution < 1.29 is 9.47 Å². The summed E-state index contributed by atoms with van der Waals surface area (Å²) in [5.74, 6) is 0.740. The fourth-order valence-electron chi connectivity index (χ4n) is 3.17. The van der Waals surface area contributed by atoms with Crippen molar-refractivity contribution in [2.24, 2.45) is 16.7 Å². The van der Waals surface area contributed by atoms with E-state index in [1.54, 1.807) is 14.2 Å². The van der Waals surface area contributed by atoms with Crippen molar-refractivity contribution in [2.45, 2.75) is 47.5 Å². The predicted octanol–water partition coefficient (Wildman–Crippen LogP) is 3.75. The molecule has 98 valence electrons.